The van der Waals surface area contributed by atoms with E-state index in [0.717, 1.165) is 24.0 Å². The van der Waals surface area contributed by atoms with Gasteiger partial charge in [0.1, 0.15) is 5.76 Å². The van der Waals surface area contributed by atoms with Crippen LogP contribution in [0, 0.1) is 13.8 Å². The van der Waals surface area contributed by atoms with Gasteiger partial charge in [0.05, 0.1) is 11.7 Å². The van der Waals surface area contributed by atoms with Crippen LogP contribution in [0.1, 0.15) is 48.4 Å². The Balaban J connectivity index is 0.00000288. The zero-order chi connectivity index (χ0) is 16.8. The average Bonchev–Trinajstić information content (AvgIpc) is 2.90. The molecule has 0 radical (unpaired) electrons. The Kier molecular flexibility index (Phi) is 8.24. The van der Waals surface area contributed by atoms with E-state index in [0.29, 0.717) is 5.92 Å². The molecule has 2 rings (SSSR count). The lowest BCUT2D eigenvalue weighted by Crippen LogP contribution is -2.40. The Morgan fingerprint density at radius 3 is 2.42 bits per heavy atom. The molecule has 0 bridgehead atoms. The topological polar surface area (TPSA) is 62.5 Å². The van der Waals surface area contributed by atoms with Gasteiger partial charge in [0.15, 0.2) is 5.96 Å². The number of hydrogen-bond donors (Lipinski definition) is 2. The van der Waals surface area contributed by atoms with Crippen LogP contribution in [0.15, 0.2) is 39.8 Å². The summed E-state index contributed by atoms with van der Waals surface area (Å²) < 4.78 is 5.25. The first-order valence-electron chi connectivity index (χ1n) is 7.97. The van der Waals surface area contributed by atoms with E-state index in [2.05, 4.69) is 46.8 Å². The fraction of sp³-hybridized carbons (Fsp3) is 0.444. The Labute approximate surface area is 161 Å². The molecule has 6 heteroatoms. The van der Waals surface area contributed by atoms with E-state index in [9.17, 15) is 0 Å². The fourth-order valence-corrected chi connectivity index (χ4v) is 2.77. The molecule has 0 aliphatic carbocycles. The molecule has 2 atom stereocenters. The largest absolute Gasteiger partial charge is 0.361 e. The molecule has 0 saturated carbocycles. The zero-order valence-electron chi connectivity index (χ0n) is 15.0. The number of hydrogen-bond acceptors (Lipinski definition) is 3. The van der Waals surface area contributed by atoms with Gasteiger partial charge in [0, 0.05) is 25.1 Å². The number of halogens is 1. The summed E-state index contributed by atoms with van der Waals surface area (Å²) in [4.78, 5) is 4.31. The van der Waals surface area contributed by atoms with Crippen molar-refractivity contribution in [3.05, 3.63) is 52.9 Å². The van der Waals surface area contributed by atoms with Crippen LogP contribution in [0.2, 0.25) is 0 Å². The lowest BCUT2D eigenvalue weighted by molar-refractivity contribution is 0.391. The fourth-order valence-electron chi connectivity index (χ4n) is 2.77. The molecule has 132 valence electrons. The van der Waals surface area contributed by atoms with E-state index in [1.807, 2.05) is 32.0 Å². The molecule has 24 heavy (non-hydrogen) atoms. The first-order valence-corrected chi connectivity index (χ1v) is 7.97. The van der Waals surface area contributed by atoms with E-state index in [-0.39, 0.29) is 30.0 Å². The third-order valence-corrected chi connectivity index (χ3v) is 4.03. The Morgan fingerprint density at radius 2 is 1.88 bits per heavy atom. The number of rotatable bonds is 5. The van der Waals surface area contributed by atoms with Crippen molar-refractivity contribution >= 4 is 29.9 Å². The minimum atomic E-state index is 0. The van der Waals surface area contributed by atoms with Gasteiger partial charge in [-0.1, -0.05) is 42.4 Å². The third kappa shape index (κ3) is 5.22. The number of aliphatic imine (C=N–C) groups is 1. The van der Waals surface area contributed by atoms with Crippen molar-refractivity contribution in [2.75, 3.05) is 13.6 Å². The molecule has 0 spiro atoms. The van der Waals surface area contributed by atoms with Crippen LogP contribution in [-0.4, -0.2) is 24.7 Å². The van der Waals surface area contributed by atoms with Gasteiger partial charge in [0.2, 0.25) is 0 Å². The SMILES string of the molecule is CN=C(NCC(C)c1c(C)noc1C)NC(C)c1ccccc1.I. The molecule has 0 amide bonds. The molecular formula is C18H27IN4O. The van der Waals surface area contributed by atoms with Gasteiger partial charge in [-0.15, -0.1) is 24.0 Å². The molecule has 0 aliphatic heterocycles. The van der Waals surface area contributed by atoms with Crippen LogP contribution >= 0.6 is 24.0 Å². The third-order valence-electron chi connectivity index (χ3n) is 4.03. The summed E-state index contributed by atoms with van der Waals surface area (Å²) in [6, 6.07) is 10.5. The first-order chi connectivity index (χ1) is 11.0. The summed E-state index contributed by atoms with van der Waals surface area (Å²) in [6.07, 6.45) is 0. The van der Waals surface area contributed by atoms with Crippen molar-refractivity contribution in [1.29, 1.82) is 0 Å². The molecule has 0 aliphatic rings. The van der Waals surface area contributed by atoms with Crippen molar-refractivity contribution in [2.24, 2.45) is 4.99 Å². The molecule has 5 nitrogen and oxygen atoms in total. The smallest absolute Gasteiger partial charge is 0.191 e. The van der Waals surface area contributed by atoms with Crippen molar-refractivity contribution in [2.45, 2.75) is 39.7 Å². The Hall–Kier alpha value is -1.57. The van der Waals surface area contributed by atoms with Crippen LogP contribution < -0.4 is 10.6 Å². The highest BCUT2D eigenvalue weighted by Gasteiger charge is 2.17. The highest BCUT2D eigenvalue weighted by atomic mass is 127. The highest BCUT2D eigenvalue weighted by Crippen LogP contribution is 2.22. The maximum absolute atomic E-state index is 5.25. The monoisotopic (exact) mass is 442 g/mol. The van der Waals surface area contributed by atoms with Gasteiger partial charge < -0.3 is 15.2 Å². The van der Waals surface area contributed by atoms with E-state index >= 15 is 0 Å². The molecule has 2 aromatic rings. The van der Waals surface area contributed by atoms with Crippen molar-refractivity contribution < 1.29 is 4.52 Å². The lowest BCUT2D eigenvalue weighted by Gasteiger charge is -2.20. The second-order valence-corrected chi connectivity index (χ2v) is 5.87. The van der Waals surface area contributed by atoms with E-state index in [1.165, 1.54) is 11.1 Å². The van der Waals surface area contributed by atoms with Gasteiger partial charge >= 0.3 is 0 Å². The molecule has 0 fully saturated rings. The molecule has 2 N–H and O–H groups in total. The first kappa shape index (κ1) is 20.5. The quantitative estimate of drug-likeness (QED) is 0.419. The van der Waals surface area contributed by atoms with Crippen molar-refractivity contribution in [3.8, 4) is 0 Å². The van der Waals surface area contributed by atoms with Gasteiger partial charge in [-0.3, -0.25) is 4.99 Å². The highest BCUT2D eigenvalue weighted by molar-refractivity contribution is 14.0. The van der Waals surface area contributed by atoms with Crippen LogP contribution in [0.4, 0.5) is 0 Å². The molecule has 2 unspecified atom stereocenters. The van der Waals surface area contributed by atoms with E-state index in [1.54, 1.807) is 7.05 Å². The van der Waals surface area contributed by atoms with Gasteiger partial charge in [-0.25, -0.2) is 0 Å². The standard InChI is InChI=1S/C18H26N4O.HI/c1-12(17-14(3)22-23-15(17)4)11-20-18(19-5)21-13(2)16-9-7-6-8-10-16;/h6-10,12-13H,11H2,1-5H3,(H2,19,20,21);1H. The summed E-state index contributed by atoms with van der Waals surface area (Å²) in [7, 11) is 1.79. The van der Waals surface area contributed by atoms with Crippen LogP contribution in [0.3, 0.4) is 0 Å². The summed E-state index contributed by atoms with van der Waals surface area (Å²) >= 11 is 0. The molecule has 1 aromatic heterocycles. The molecule has 1 heterocycles. The average molecular weight is 442 g/mol. The summed E-state index contributed by atoms with van der Waals surface area (Å²) in [5.41, 5.74) is 3.36. The number of guanidine groups is 1. The minimum absolute atomic E-state index is 0. The number of aryl methyl sites for hydroxylation is 2. The van der Waals surface area contributed by atoms with Crippen LogP contribution in [0.5, 0.6) is 0 Å². The van der Waals surface area contributed by atoms with Gasteiger partial charge in [0.25, 0.3) is 0 Å². The van der Waals surface area contributed by atoms with E-state index in [4.69, 9.17) is 4.52 Å². The summed E-state index contributed by atoms with van der Waals surface area (Å²) in [5.74, 6) is 1.98. The van der Waals surface area contributed by atoms with Crippen LogP contribution in [0.25, 0.3) is 0 Å². The van der Waals surface area contributed by atoms with Gasteiger partial charge in [-0.2, -0.15) is 0 Å². The number of aromatic nitrogens is 1. The van der Waals surface area contributed by atoms with Gasteiger partial charge in [-0.05, 0) is 26.3 Å². The zero-order valence-corrected chi connectivity index (χ0v) is 17.3. The summed E-state index contributed by atoms with van der Waals surface area (Å²) in [5, 5.41) is 10.8. The number of nitrogens with zero attached hydrogens (tertiary/aromatic N) is 2. The van der Waals surface area contributed by atoms with Crippen molar-refractivity contribution in [1.82, 2.24) is 15.8 Å². The second-order valence-electron chi connectivity index (χ2n) is 5.87. The molecule has 1 aromatic carbocycles. The predicted molar refractivity (Wildman–Crippen MR) is 109 cm³/mol. The maximum atomic E-state index is 5.25. The van der Waals surface area contributed by atoms with E-state index < -0.39 is 0 Å². The predicted octanol–water partition coefficient (Wildman–Crippen LogP) is 3.94. The second kappa shape index (κ2) is 9.66. The normalized spacial score (nSPS) is 13.8. The Bertz CT molecular complexity index is 635. The molecule has 0 saturated heterocycles. The van der Waals surface area contributed by atoms with Crippen molar-refractivity contribution in [3.63, 3.8) is 0 Å². The maximum Gasteiger partial charge on any atom is 0.191 e. The number of nitrogens with one attached hydrogen (secondary N) is 2. The molecular weight excluding hydrogens is 415 g/mol. The minimum Gasteiger partial charge on any atom is -0.361 e. The Morgan fingerprint density at radius 1 is 1.21 bits per heavy atom. The number of benzene rings is 1. The summed E-state index contributed by atoms with van der Waals surface area (Å²) in [6.45, 7) is 8.99. The van der Waals surface area contributed by atoms with Crippen LogP contribution in [-0.2, 0) is 0 Å². The lowest BCUT2D eigenvalue weighted by atomic mass is 10.00.